The van der Waals surface area contributed by atoms with Gasteiger partial charge in [-0.15, -0.1) is 10.2 Å². The van der Waals surface area contributed by atoms with E-state index in [0.29, 0.717) is 12.8 Å². The van der Waals surface area contributed by atoms with E-state index in [9.17, 15) is 9.59 Å². The van der Waals surface area contributed by atoms with Crippen molar-refractivity contribution in [2.24, 2.45) is 5.41 Å². The number of amides is 1. The molecule has 0 atom stereocenters. The van der Waals surface area contributed by atoms with Gasteiger partial charge < -0.3 is 10.1 Å². The summed E-state index contributed by atoms with van der Waals surface area (Å²) in [6.45, 7) is 0. The first-order valence-corrected chi connectivity index (χ1v) is 5.84. The van der Waals surface area contributed by atoms with Crippen LogP contribution in [0.5, 0.6) is 0 Å². The van der Waals surface area contributed by atoms with Crippen LogP contribution < -0.4 is 5.32 Å². The van der Waals surface area contributed by atoms with Gasteiger partial charge in [0.1, 0.15) is 5.41 Å². The van der Waals surface area contributed by atoms with E-state index >= 15 is 0 Å². The second-order valence-electron chi connectivity index (χ2n) is 3.90. The molecule has 1 aromatic heterocycles. The van der Waals surface area contributed by atoms with Crippen LogP contribution in [0.1, 0.15) is 12.8 Å². The number of nitrogens with zero attached hydrogens (tertiary/aromatic N) is 2. The number of nitrogens with one attached hydrogen (secondary N) is 1. The van der Waals surface area contributed by atoms with Crippen molar-refractivity contribution < 1.29 is 14.3 Å². The first-order valence-electron chi connectivity index (χ1n) is 5.08. The number of hydrogen-bond donors (Lipinski definition) is 1. The summed E-state index contributed by atoms with van der Waals surface area (Å²) in [5.74, 6) is -1.02. The molecule has 0 radical (unpaired) electrons. The molecule has 1 fully saturated rings. The Labute approximate surface area is 113 Å². The molecule has 1 aromatic rings. The molecule has 1 aliphatic rings. The van der Waals surface area contributed by atoms with Gasteiger partial charge in [-0.25, -0.2) is 0 Å². The normalized spacial score (nSPS) is 15.9. The fraction of sp³-hybridized carbons (Fsp3) is 0.400. The lowest BCUT2D eigenvalue weighted by Crippen LogP contribution is -2.32. The first kappa shape index (κ1) is 13.0. The molecular weight excluding hydrogens is 281 g/mol. The zero-order chi connectivity index (χ0) is 13.3. The Morgan fingerprint density at radius 2 is 2.06 bits per heavy atom. The minimum atomic E-state index is -1.10. The van der Waals surface area contributed by atoms with Crippen molar-refractivity contribution in [1.29, 1.82) is 0 Å². The molecular formula is C10H9Cl2N3O3. The third-order valence-electron chi connectivity index (χ3n) is 2.73. The topological polar surface area (TPSA) is 81.2 Å². The summed E-state index contributed by atoms with van der Waals surface area (Å²) < 4.78 is 4.60. The molecule has 6 nitrogen and oxygen atoms in total. The third kappa shape index (κ3) is 2.26. The molecule has 96 valence electrons. The molecule has 0 aliphatic heterocycles. The van der Waals surface area contributed by atoms with Crippen molar-refractivity contribution >= 4 is 40.8 Å². The van der Waals surface area contributed by atoms with Crippen molar-refractivity contribution in [2.45, 2.75) is 12.8 Å². The maximum absolute atomic E-state index is 12.0. The smallest absolute Gasteiger partial charge is 0.321 e. The van der Waals surface area contributed by atoms with Gasteiger partial charge in [0, 0.05) is 6.07 Å². The minimum Gasteiger partial charge on any atom is -0.468 e. The molecule has 0 saturated heterocycles. The van der Waals surface area contributed by atoms with Gasteiger partial charge in [0.15, 0.2) is 10.3 Å². The Balaban J connectivity index is 2.17. The number of aromatic nitrogens is 2. The second kappa shape index (κ2) is 4.70. The largest absolute Gasteiger partial charge is 0.468 e. The van der Waals surface area contributed by atoms with Gasteiger partial charge in [-0.05, 0) is 12.8 Å². The number of rotatable bonds is 3. The average Bonchev–Trinajstić information content (AvgIpc) is 3.14. The number of ether oxygens (including phenoxy) is 1. The van der Waals surface area contributed by atoms with Crippen molar-refractivity contribution in [2.75, 3.05) is 12.4 Å². The van der Waals surface area contributed by atoms with E-state index in [4.69, 9.17) is 23.2 Å². The van der Waals surface area contributed by atoms with E-state index in [-0.39, 0.29) is 16.0 Å². The number of halogens is 2. The molecule has 2 rings (SSSR count). The van der Waals surface area contributed by atoms with Crippen LogP contribution >= 0.6 is 23.2 Å². The summed E-state index contributed by atoms with van der Waals surface area (Å²) in [5, 5.41) is 9.68. The monoisotopic (exact) mass is 289 g/mol. The number of hydrogen-bond acceptors (Lipinski definition) is 5. The Morgan fingerprint density at radius 3 is 2.61 bits per heavy atom. The lowest BCUT2D eigenvalue weighted by Gasteiger charge is -2.13. The van der Waals surface area contributed by atoms with E-state index in [1.54, 1.807) is 0 Å². The van der Waals surface area contributed by atoms with Gasteiger partial charge in [-0.2, -0.15) is 0 Å². The fourth-order valence-corrected chi connectivity index (χ4v) is 1.81. The van der Waals surface area contributed by atoms with Gasteiger partial charge >= 0.3 is 5.97 Å². The predicted molar refractivity (Wildman–Crippen MR) is 64.4 cm³/mol. The van der Waals surface area contributed by atoms with Gasteiger partial charge in [0.25, 0.3) is 0 Å². The van der Waals surface area contributed by atoms with E-state index < -0.39 is 17.3 Å². The molecule has 8 heteroatoms. The van der Waals surface area contributed by atoms with Crippen LogP contribution in [-0.4, -0.2) is 29.2 Å². The molecule has 0 unspecified atom stereocenters. The van der Waals surface area contributed by atoms with Crippen LogP contribution in [0.2, 0.25) is 10.3 Å². The second-order valence-corrected chi connectivity index (χ2v) is 4.64. The van der Waals surface area contributed by atoms with Gasteiger partial charge in [-0.3, -0.25) is 9.59 Å². The minimum absolute atomic E-state index is 0.00779. The Morgan fingerprint density at radius 1 is 1.39 bits per heavy atom. The zero-order valence-corrected chi connectivity index (χ0v) is 10.9. The lowest BCUT2D eigenvalue weighted by atomic mass is 10.1. The first-order chi connectivity index (χ1) is 8.49. The van der Waals surface area contributed by atoms with E-state index in [1.165, 1.54) is 13.2 Å². The SMILES string of the molecule is COC(=O)C1(C(=O)Nc2cc(Cl)nnc2Cl)CC1. The highest BCUT2D eigenvalue weighted by Crippen LogP contribution is 2.47. The summed E-state index contributed by atoms with van der Waals surface area (Å²) in [6.07, 6.45) is 0.907. The van der Waals surface area contributed by atoms with Crippen molar-refractivity contribution in [3.05, 3.63) is 16.4 Å². The fourth-order valence-electron chi connectivity index (χ4n) is 1.53. The van der Waals surface area contributed by atoms with Crippen LogP contribution in [0.3, 0.4) is 0 Å². The van der Waals surface area contributed by atoms with Crippen LogP contribution in [-0.2, 0) is 14.3 Å². The van der Waals surface area contributed by atoms with E-state index in [2.05, 4.69) is 20.3 Å². The summed E-state index contributed by atoms with van der Waals surface area (Å²) in [7, 11) is 1.24. The summed E-state index contributed by atoms with van der Waals surface area (Å²) in [4.78, 5) is 23.5. The molecule has 0 bridgehead atoms. The molecule has 1 saturated carbocycles. The van der Waals surface area contributed by atoms with Gasteiger partial charge in [0.2, 0.25) is 5.91 Å². The number of carbonyl (C=O) groups is 2. The average molecular weight is 290 g/mol. The molecule has 1 aliphatic carbocycles. The van der Waals surface area contributed by atoms with Gasteiger partial charge in [-0.1, -0.05) is 23.2 Å². The standard InChI is InChI=1S/C10H9Cl2N3O3/c1-18-9(17)10(2-3-10)8(16)13-5-4-6(11)14-15-7(5)12/h4H,2-3H2,1H3,(H,13,14,16). The van der Waals surface area contributed by atoms with Crippen LogP contribution in [0, 0.1) is 5.41 Å². The molecule has 1 heterocycles. The summed E-state index contributed by atoms with van der Waals surface area (Å²) in [6, 6.07) is 1.36. The highest BCUT2D eigenvalue weighted by atomic mass is 35.5. The molecule has 0 aromatic carbocycles. The van der Waals surface area contributed by atoms with E-state index in [0.717, 1.165) is 0 Å². The van der Waals surface area contributed by atoms with Crippen molar-refractivity contribution in [1.82, 2.24) is 10.2 Å². The molecule has 1 N–H and O–H groups in total. The third-order valence-corrected chi connectivity index (χ3v) is 3.19. The van der Waals surface area contributed by atoms with E-state index in [1.807, 2.05) is 0 Å². The number of anilines is 1. The molecule has 0 spiro atoms. The highest BCUT2D eigenvalue weighted by Gasteiger charge is 2.57. The number of methoxy groups -OCH3 is 1. The maximum Gasteiger partial charge on any atom is 0.321 e. The number of carbonyl (C=O) groups excluding carboxylic acids is 2. The van der Waals surface area contributed by atoms with Crippen LogP contribution in [0.4, 0.5) is 5.69 Å². The molecule has 1 amide bonds. The van der Waals surface area contributed by atoms with Gasteiger partial charge in [0.05, 0.1) is 12.8 Å². The quantitative estimate of drug-likeness (QED) is 0.676. The van der Waals surface area contributed by atoms with Crippen LogP contribution in [0.25, 0.3) is 0 Å². The van der Waals surface area contributed by atoms with Crippen molar-refractivity contribution in [3.63, 3.8) is 0 Å². The Kier molecular flexibility index (Phi) is 3.41. The van der Waals surface area contributed by atoms with Crippen molar-refractivity contribution in [3.8, 4) is 0 Å². The highest BCUT2D eigenvalue weighted by molar-refractivity contribution is 6.34. The Bertz CT molecular complexity index is 517. The lowest BCUT2D eigenvalue weighted by molar-refractivity contribution is -0.150. The number of esters is 1. The maximum atomic E-state index is 12.0. The van der Waals surface area contributed by atoms with Crippen LogP contribution in [0.15, 0.2) is 6.07 Å². The summed E-state index contributed by atoms with van der Waals surface area (Å²) in [5.41, 5.74) is -0.884. The molecule has 18 heavy (non-hydrogen) atoms. The summed E-state index contributed by atoms with van der Waals surface area (Å²) >= 11 is 11.4. The predicted octanol–water partition coefficient (Wildman–Crippen LogP) is 1.68. The zero-order valence-electron chi connectivity index (χ0n) is 9.37. The Hall–Kier alpha value is -1.40.